The van der Waals surface area contributed by atoms with E-state index in [4.69, 9.17) is 0 Å². The average Bonchev–Trinajstić information content (AvgIpc) is 3.42. The molecule has 7 nitrogen and oxygen atoms in total. The zero-order valence-corrected chi connectivity index (χ0v) is 18.0. The van der Waals surface area contributed by atoms with Crippen LogP contribution in [0.3, 0.4) is 0 Å². The summed E-state index contributed by atoms with van der Waals surface area (Å²) < 4.78 is 30.3. The average molecular weight is 438 g/mol. The van der Waals surface area contributed by atoms with E-state index in [1.807, 2.05) is 24.0 Å². The molecule has 2 atom stereocenters. The van der Waals surface area contributed by atoms with E-state index < -0.39 is 12.0 Å². The predicted molar refractivity (Wildman–Crippen MR) is 121 cm³/mol. The number of anilines is 2. The van der Waals surface area contributed by atoms with Crippen LogP contribution in [0, 0.1) is 19.7 Å². The summed E-state index contributed by atoms with van der Waals surface area (Å²) in [6.45, 7) is 4.53. The number of carbonyl (C=O) groups excluding carboxylic acids is 1. The molecule has 3 aromatic heterocycles. The molecule has 166 valence electrons. The SMILES string of the molecule is CNC1CN(c2ccc(C(=O)Nc3cc(F)c4nc(C)cn4c3)c3[nH]c(C)cc23)CC1F. The fraction of sp³-hybridized carbons (Fsp3) is 0.304. The van der Waals surface area contributed by atoms with Gasteiger partial charge in [0.2, 0.25) is 0 Å². The Morgan fingerprint density at radius 3 is 2.78 bits per heavy atom. The molecule has 0 saturated carbocycles. The Bertz CT molecular complexity index is 1340. The third kappa shape index (κ3) is 3.38. The molecule has 1 aliphatic rings. The van der Waals surface area contributed by atoms with E-state index >= 15 is 0 Å². The van der Waals surface area contributed by atoms with Crippen LogP contribution in [0.5, 0.6) is 0 Å². The molecular formula is C23H24F2N6O. The number of benzene rings is 1. The van der Waals surface area contributed by atoms with Gasteiger partial charge in [-0.3, -0.25) is 4.79 Å². The highest BCUT2D eigenvalue weighted by molar-refractivity contribution is 6.14. The number of hydrogen-bond donors (Lipinski definition) is 3. The van der Waals surface area contributed by atoms with Crippen molar-refractivity contribution in [1.29, 1.82) is 0 Å². The smallest absolute Gasteiger partial charge is 0.257 e. The van der Waals surface area contributed by atoms with Crippen molar-refractivity contribution in [1.82, 2.24) is 19.7 Å². The number of nitrogens with one attached hydrogen (secondary N) is 3. The minimum Gasteiger partial charge on any atom is -0.366 e. The number of hydrogen-bond acceptors (Lipinski definition) is 4. The summed E-state index contributed by atoms with van der Waals surface area (Å²) in [6.07, 6.45) is 2.36. The molecule has 1 aromatic carbocycles. The number of H-pyrrole nitrogens is 1. The van der Waals surface area contributed by atoms with Gasteiger partial charge in [-0.25, -0.2) is 13.8 Å². The Hall–Kier alpha value is -3.46. The number of imidazole rings is 1. The van der Waals surface area contributed by atoms with E-state index in [0.29, 0.717) is 35.6 Å². The third-order valence-electron chi connectivity index (χ3n) is 5.99. The Morgan fingerprint density at radius 1 is 1.22 bits per heavy atom. The number of carbonyl (C=O) groups is 1. The first-order valence-electron chi connectivity index (χ1n) is 10.5. The van der Waals surface area contributed by atoms with Crippen molar-refractivity contribution in [3.63, 3.8) is 0 Å². The normalized spacial score (nSPS) is 18.7. The van der Waals surface area contributed by atoms with E-state index in [0.717, 1.165) is 16.8 Å². The first-order chi connectivity index (χ1) is 15.3. The van der Waals surface area contributed by atoms with E-state index in [1.54, 1.807) is 36.8 Å². The van der Waals surface area contributed by atoms with Gasteiger partial charge in [0.1, 0.15) is 6.17 Å². The molecule has 3 N–H and O–H groups in total. The summed E-state index contributed by atoms with van der Waals surface area (Å²) in [7, 11) is 1.76. The lowest BCUT2D eigenvalue weighted by atomic mass is 10.1. The molecule has 1 fully saturated rings. The van der Waals surface area contributed by atoms with E-state index in [2.05, 4.69) is 20.6 Å². The van der Waals surface area contributed by atoms with Crippen LogP contribution in [-0.4, -0.2) is 52.6 Å². The third-order valence-corrected chi connectivity index (χ3v) is 5.99. The quantitative estimate of drug-likeness (QED) is 0.455. The molecule has 0 aliphatic carbocycles. The number of aryl methyl sites for hydroxylation is 2. The molecule has 0 spiro atoms. The predicted octanol–water partition coefficient (Wildman–Crippen LogP) is 3.57. The molecule has 1 aliphatic heterocycles. The summed E-state index contributed by atoms with van der Waals surface area (Å²) in [5, 5.41) is 6.65. The van der Waals surface area contributed by atoms with Gasteiger partial charge in [0.05, 0.1) is 35.0 Å². The number of likely N-dealkylation sites (N-methyl/N-ethyl adjacent to an activating group) is 1. The number of rotatable bonds is 4. The van der Waals surface area contributed by atoms with Crippen LogP contribution in [0.2, 0.25) is 0 Å². The maximum atomic E-state index is 14.4. The van der Waals surface area contributed by atoms with Gasteiger partial charge in [-0.15, -0.1) is 0 Å². The van der Waals surface area contributed by atoms with Crippen LogP contribution in [0.4, 0.5) is 20.2 Å². The van der Waals surface area contributed by atoms with Crippen molar-refractivity contribution in [3.05, 3.63) is 59.4 Å². The lowest BCUT2D eigenvalue weighted by Crippen LogP contribution is -2.34. The highest BCUT2D eigenvalue weighted by atomic mass is 19.1. The molecule has 0 bridgehead atoms. The van der Waals surface area contributed by atoms with Crippen LogP contribution in [0.15, 0.2) is 36.7 Å². The Morgan fingerprint density at radius 2 is 2.03 bits per heavy atom. The monoisotopic (exact) mass is 438 g/mol. The summed E-state index contributed by atoms with van der Waals surface area (Å²) in [4.78, 5) is 22.5. The van der Waals surface area contributed by atoms with Crippen molar-refractivity contribution in [2.75, 3.05) is 30.4 Å². The number of pyridine rings is 1. The first kappa shape index (κ1) is 20.4. The topological polar surface area (TPSA) is 77.5 Å². The van der Waals surface area contributed by atoms with Crippen LogP contribution in [-0.2, 0) is 0 Å². The molecule has 4 aromatic rings. The van der Waals surface area contributed by atoms with Gasteiger partial charge in [-0.05, 0) is 39.1 Å². The van der Waals surface area contributed by atoms with Crippen molar-refractivity contribution in [2.45, 2.75) is 26.1 Å². The second-order valence-electron chi connectivity index (χ2n) is 8.33. The zero-order valence-electron chi connectivity index (χ0n) is 18.0. The van der Waals surface area contributed by atoms with Gasteiger partial charge in [0, 0.05) is 41.8 Å². The zero-order chi connectivity index (χ0) is 22.6. The molecular weight excluding hydrogens is 414 g/mol. The first-order valence-corrected chi connectivity index (χ1v) is 10.5. The van der Waals surface area contributed by atoms with E-state index in [-0.39, 0.29) is 17.6 Å². The van der Waals surface area contributed by atoms with E-state index in [9.17, 15) is 13.6 Å². The van der Waals surface area contributed by atoms with Crippen LogP contribution < -0.4 is 15.5 Å². The summed E-state index contributed by atoms with van der Waals surface area (Å²) in [5.41, 5.74) is 4.09. The number of aromatic nitrogens is 3. The summed E-state index contributed by atoms with van der Waals surface area (Å²) in [6, 6.07) is 6.55. The molecule has 2 unspecified atom stereocenters. The molecule has 4 heterocycles. The van der Waals surface area contributed by atoms with Crippen LogP contribution in [0.25, 0.3) is 16.6 Å². The molecule has 1 saturated heterocycles. The van der Waals surface area contributed by atoms with Gasteiger partial charge < -0.3 is 24.9 Å². The van der Waals surface area contributed by atoms with Crippen molar-refractivity contribution in [3.8, 4) is 0 Å². The molecule has 9 heteroatoms. The Labute approximate surface area is 183 Å². The molecule has 0 radical (unpaired) electrons. The number of nitrogens with zero attached hydrogens (tertiary/aromatic N) is 3. The molecule has 5 rings (SSSR count). The van der Waals surface area contributed by atoms with Crippen molar-refractivity contribution >= 4 is 33.8 Å². The standard InChI is InChI=1S/C23H24F2N6O/c1-12-6-16-20(30-10-18(25)19(11-30)26-3)5-4-15(21(16)27-12)23(32)29-14-7-17(24)22-28-13(2)8-31(22)9-14/h4-9,18-19,26-27H,10-11H2,1-3H3,(H,29,32). The largest absolute Gasteiger partial charge is 0.366 e. The second kappa shape index (κ2) is 7.59. The molecule has 32 heavy (non-hydrogen) atoms. The Kier molecular flexibility index (Phi) is 4.85. The highest BCUT2D eigenvalue weighted by Crippen LogP contribution is 2.33. The maximum absolute atomic E-state index is 14.4. The number of alkyl halides is 1. The second-order valence-corrected chi connectivity index (χ2v) is 8.33. The lowest BCUT2D eigenvalue weighted by molar-refractivity contribution is 0.102. The lowest BCUT2D eigenvalue weighted by Gasteiger charge is -2.20. The van der Waals surface area contributed by atoms with E-state index in [1.165, 1.54) is 6.07 Å². The van der Waals surface area contributed by atoms with Gasteiger partial charge in [0.15, 0.2) is 11.5 Å². The fourth-order valence-electron chi connectivity index (χ4n) is 4.48. The van der Waals surface area contributed by atoms with Crippen molar-refractivity contribution < 1.29 is 13.6 Å². The highest BCUT2D eigenvalue weighted by Gasteiger charge is 2.33. The minimum atomic E-state index is -0.963. The minimum absolute atomic E-state index is 0.212. The van der Waals surface area contributed by atoms with Crippen LogP contribution in [0.1, 0.15) is 21.7 Å². The maximum Gasteiger partial charge on any atom is 0.257 e. The number of amides is 1. The number of fused-ring (bicyclic) bond motifs is 2. The number of halogens is 2. The Balaban J connectivity index is 1.49. The van der Waals surface area contributed by atoms with Gasteiger partial charge in [-0.1, -0.05) is 0 Å². The summed E-state index contributed by atoms with van der Waals surface area (Å²) >= 11 is 0. The summed E-state index contributed by atoms with van der Waals surface area (Å²) in [5.74, 6) is -0.877. The van der Waals surface area contributed by atoms with Crippen molar-refractivity contribution in [2.24, 2.45) is 0 Å². The van der Waals surface area contributed by atoms with Gasteiger partial charge in [-0.2, -0.15) is 0 Å². The van der Waals surface area contributed by atoms with Crippen LogP contribution >= 0.6 is 0 Å². The van der Waals surface area contributed by atoms with Gasteiger partial charge >= 0.3 is 0 Å². The fourth-order valence-corrected chi connectivity index (χ4v) is 4.48. The number of aromatic amines is 1. The molecule has 1 amide bonds. The van der Waals surface area contributed by atoms with Gasteiger partial charge in [0.25, 0.3) is 5.91 Å².